The van der Waals surface area contributed by atoms with E-state index in [1.807, 2.05) is 11.7 Å². The number of aryl methyl sites for hydroxylation is 1. The van der Waals surface area contributed by atoms with E-state index in [4.69, 9.17) is 10.8 Å². The summed E-state index contributed by atoms with van der Waals surface area (Å²) in [4.78, 5) is 14.9. The fourth-order valence-electron chi connectivity index (χ4n) is 3.63. The fraction of sp³-hybridized carbons (Fsp3) is 0.524. The number of halogens is 1. The quantitative estimate of drug-likeness (QED) is 0.849. The van der Waals surface area contributed by atoms with Crippen molar-refractivity contribution in [3.8, 4) is 5.69 Å². The topological polar surface area (TPSA) is 64.2 Å². The number of nitrogens with zero attached hydrogens (tertiary/aromatic N) is 3. The number of hydrogen-bond donors (Lipinski definition) is 1. The van der Waals surface area contributed by atoms with Gasteiger partial charge in [0.15, 0.2) is 5.69 Å². The van der Waals surface area contributed by atoms with Crippen molar-refractivity contribution in [3.05, 3.63) is 46.8 Å². The zero-order valence-electron chi connectivity index (χ0n) is 16.8. The van der Waals surface area contributed by atoms with Crippen molar-refractivity contribution in [2.24, 2.45) is 11.1 Å². The van der Waals surface area contributed by atoms with Crippen LogP contribution in [-0.2, 0) is 12.8 Å². The number of carbonyl (C=O) groups excluding carboxylic acids is 1. The highest BCUT2D eigenvalue weighted by atomic mass is 35.5. The molecule has 1 amide bonds. The Morgan fingerprint density at radius 3 is 2.48 bits per heavy atom. The van der Waals surface area contributed by atoms with Gasteiger partial charge in [0, 0.05) is 24.8 Å². The molecule has 6 heteroatoms. The van der Waals surface area contributed by atoms with Gasteiger partial charge in [-0.15, -0.1) is 12.4 Å². The minimum absolute atomic E-state index is 0. The van der Waals surface area contributed by atoms with E-state index in [0.717, 1.165) is 36.9 Å². The van der Waals surface area contributed by atoms with Crippen LogP contribution in [0.15, 0.2) is 24.3 Å². The van der Waals surface area contributed by atoms with Gasteiger partial charge in [0.05, 0.1) is 5.69 Å². The number of carbonyl (C=O) groups is 1. The third-order valence-corrected chi connectivity index (χ3v) is 5.23. The maximum absolute atomic E-state index is 13.1. The average molecular weight is 391 g/mol. The molecular weight excluding hydrogens is 360 g/mol. The largest absolute Gasteiger partial charge is 0.340 e. The van der Waals surface area contributed by atoms with Gasteiger partial charge >= 0.3 is 0 Å². The van der Waals surface area contributed by atoms with E-state index < -0.39 is 0 Å². The van der Waals surface area contributed by atoms with E-state index in [1.165, 1.54) is 11.3 Å². The van der Waals surface area contributed by atoms with Gasteiger partial charge in [-0.3, -0.25) is 4.79 Å². The normalized spacial score (nSPS) is 13.7. The van der Waals surface area contributed by atoms with Gasteiger partial charge in [-0.1, -0.05) is 31.5 Å². The monoisotopic (exact) mass is 390 g/mol. The summed E-state index contributed by atoms with van der Waals surface area (Å²) in [5.41, 5.74) is 10.9. The molecule has 0 bridgehead atoms. The molecule has 0 aliphatic heterocycles. The molecule has 0 unspecified atom stereocenters. The predicted octanol–water partition coefficient (Wildman–Crippen LogP) is 3.54. The SMILES string of the molecule is Cc1ccc(-n2nc(C(=O)N(C)CC(C)(C)CN)c3c2CCCC3)cc1.Cl. The van der Waals surface area contributed by atoms with Crippen LogP contribution in [0.2, 0.25) is 0 Å². The van der Waals surface area contributed by atoms with Crippen LogP contribution in [0.5, 0.6) is 0 Å². The lowest BCUT2D eigenvalue weighted by Gasteiger charge is -2.28. The maximum Gasteiger partial charge on any atom is 0.274 e. The first-order chi connectivity index (χ1) is 12.3. The molecule has 0 fully saturated rings. The number of fused-ring (bicyclic) bond motifs is 1. The Bertz CT molecular complexity index is 795. The fourth-order valence-corrected chi connectivity index (χ4v) is 3.63. The summed E-state index contributed by atoms with van der Waals surface area (Å²) < 4.78 is 1.98. The number of aromatic nitrogens is 2. The van der Waals surface area contributed by atoms with Gasteiger partial charge in [0.2, 0.25) is 0 Å². The molecule has 148 valence electrons. The predicted molar refractivity (Wildman–Crippen MR) is 112 cm³/mol. The number of nitrogens with two attached hydrogens (primary N) is 1. The first-order valence-electron chi connectivity index (χ1n) is 9.46. The smallest absolute Gasteiger partial charge is 0.274 e. The molecule has 3 rings (SSSR count). The zero-order valence-corrected chi connectivity index (χ0v) is 17.6. The Morgan fingerprint density at radius 1 is 1.22 bits per heavy atom. The summed E-state index contributed by atoms with van der Waals surface area (Å²) in [6.07, 6.45) is 4.16. The van der Waals surface area contributed by atoms with Gasteiger partial charge in [0.25, 0.3) is 5.91 Å². The summed E-state index contributed by atoms with van der Waals surface area (Å²) in [5.74, 6) is -0.00413. The van der Waals surface area contributed by atoms with Crippen molar-refractivity contribution in [2.75, 3.05) is 20.1 Å². The van der Waals surface area contributed by atoms with E-state index >= 15 is 0 Å². The van der Waals surface area contributed by atoms with E-state index in [1.54, 1.807) is 4.90 Å². The first kappa shape index (κ1) is 21.5. The second-order valence-corrected chi connectivity index (χ2v) is 8.26. The number of rotatable bonds is 5. The van der Waals surface area contributed by atoms with Crippen molar-refractivity contribution in [1.82, 2.24) is 14.7 Å². The van der Waals surface area contributed by atoms with Gasteiger partial charge in [-0.25, -0.2) is 4.68 Å². The Balaban J connectivity index is 0.00000261. The molecule has 1 aromatic carbocycles. The van der Waals surface area contributed by atoms with Crippen molar-refractivity contribution in [3.63, 3.8) is 0 Å². The van der Waals surface area contributed by atoms with Crippen molar-refractivity contribution < 1.29 is 4.79 Å². The minimum Gasteiger partial charge on any atom is -0.340 e. The molecule has 27 heavy (non-hydrogen) atoms. The lowest BCUT2D eigenvalue weighted by molar-refractivity contribution is 0.0733. The Hall–Kier alpha value is -1.85. The molecule has 1 aliphatic carbocycles. The van der Waals surface area contributed by atoms with Crippen LogP contribution < -0.4 is 5.73 Å². The third-order valence-electron chi connectivity index (χ3n) is 5.23. The van der Waals surface area contributed by atoms with E-state index in [0.29, 0.717) is 18.8 Å². The molecular formula is C21H31ClN4O. The van der Waals surface area contributed by atoms with Crippen LogP contribution in [0, 0.1) is 12.3 Å². The van der Waals surface area contributed by atoms with Crippen LogP contribution >= 0.6 is 12.4 Å². The van der Waals surface area contributed by atoms with Crippen LogP contribution in [0.1, 0.15) is 54.0 Å². The molecule has 0 atom stereocenters. The average Bonchev–Trinajstić information content (AvgIpc) is 3.01. The molecule has 2 aromatic rings. The summed E-state index contributed by atoms with van der Waals surface area (Å²) >= 11 is 0. The highest BCUT2D eigenvalue weighted by Crippen LogP contribution is 2.28. The first-order valence-corrected chi connectivity index (χ1v) is 9.46. The van der Waals surface area contributed by atoms with Crippen LogP contribution in [0.4, 0.5) is 0 Å². The molecule has 0 saturated carbocycles. The lowest BCUT2D eigenvalue weighted by Crippen LogP contribution is -2.40. The lowest BCUT2D eigenvalue weighted by atomic mass is 9.92. The summed E-state index contributed by atoms with van der Waals surface area (Å²) in [6.45, 7) is 7.40. The number of amides is 1. The molecule has 1 aliphatic rings. The van der Waals surface area contributed by atoms with Crippen molar-refractivity contribution in [2.45, 2.75) is 46.5 Å². The maximum atomic E-state index is 13.1. The van der Waals surface area contributed by atoms with Gasteiger partial charge in [-0.2, -0.15) is 5.10 Å². The van der Waals surface area contributed by atoms with Crippen LogP contribution in [-0.4, -0.2) is 40.7 Å². The highest BCUT2D eigenvalue weighted by Gasteiger charge is 2.29. The number of hydrogen-bond acceptors (Lipinski definition) is 3. The van der Waals surface area contributed by atoms with Crippen LogP contribution in [0.25, 0.3) is 5.69 Å². The molecule has 1 aromatic heterocycles. The molecule has 0 saturated heterocycles. The minimum atomic E-state index is -0.107. The van der Waals surface area contributed by atoms with E-state index in [-0.39, 0.29) is 23.7 Å². The third kappa shape index (κ3) is 4.53. The molecule has 0 radical (unpaired) electrons. The second kappa shape index (κ2) is 8.44. The van der Waals surface area contributed by atoms with Gasteiger partial charge < -0.3 is 10.6 Å². The number of benzene rings is 1. The second-order valence-electron chi connectivity index (χ2n) is 8.26. The van der Waals surface area contributed by atoms with Crippen LogP contribution in [0.3, 0.4) is 0 Å². The molecule has 0 spiro atoms. The van der Waals surface area contributed by atoms with Gasteiger partial charge in [-0.05, 0) is 56.7 Å². The Kier molecular flexibility index (Phi) is 6.71. The Labute approximate surface area is 168 Å². The zero-order chi connectivity index (χ0) is 18.9. The molecule has 5 nitrogen and oxygen atoms in total. The van der Waals surface area contributed by atoms with Gasteiger partial charge in [0.1, 0.15) is 0 Å². The van der Waals surface area contributed by atoms with E-state index in [2.05, 4.69) is 45.0 Å². The summed E-state index contributed by atoms with van der Waals surface area (Å²) in [6, 6.07) is 8.33. The van der Waals surface area contributed by atoms with Crippen molar-refractivity contribution >= 4 is 18.3 Å². The van der Waals surface area contributed by atoms with Crippen molar-refractivity contribution in [1.29, 1.82) is 0 Å². The summed E-state index contributed by atoms with van der Waals surface area (Å²) in [7, 11) is 1.85. The molecule has 2 N–H and O–H groups in total. The molecule has 1 heterocycles. The summed E-state index contributed by atoms with van der Waals surface area (Å²) in [5, 5.41) is 4.76. The highest BCUT2D eigenvalue weighted by molar-refractivity contribution is 5.94. The Morgan fingerprint density at radius 2 is 1.85 bits per heavy atom. The van der Waals surface area contributed by atoms with E-state index in [9.17, 15) is 4.79 Å². The standard InChI is InChI=1S/C21H30N4O.ClH/c1-15-9-11-16(12-10-15)25-18-8-6-5-7-17(18)19(23-25)20(26)24(4)14-21(2,3)13-22;/h9-12H,5-8,13-14,22H2,1-4H3;1H.